The quantitative estimate of drug-likeness (QED) is 0.601. The summed E-state index contributed by atoms with van der Waals surface area (Å²) in [7, 11) is -2.56. The molecule has 0 aliphatic rings. The van der Waals surface area contributed by atoms with Crippen LogP contribution in [0.5, 0.6) is 5.75 Å². The standard InChI is InChI=1S/C11H15O4P/c1-4-14-11(12)9-5-7-10(8-6-9)15-16(2,3)13/h5-8H,4H2,1-3H3. The van der Waals surface area contributed by atoms with Crippen LogP contribution in [0.3, 0.4) is 0 Å². The zero-order valence-corrected chi connectivity index (χ0v) is 10.5. The molecule has 0 aliphatic carbocycles. The number of carbonyl (C=O) groups is 1. The topological polar surface area (TPSA) is 52.6 Å². The minimum atomic E-state index is -2.56. The Morgan fingerprint density at radius 3 is 2.25 bits per heavy atom. The van der Waals surface area contributed by atoms with Crippen LogP contribution < -0.4 is 4.52 Å². The van der Waals surface area contributed by atoms with Crippen molar-refractivity contribution in [1.82, 2.24) is 0 Å². The molecule has 0 radical (unpaired) electrons. The Morgan fingerprint density at radius 1 is 1.25 bits per heavy atom. The van der Waals surface area contributed by atoms with Crippen molar-refractivity contribution in [2.75, 3.05) is 19.9 Å². The molecular weight excluding hydrogens is 227 g/mol. The number of rotatable bonds is 4. The third-order valence-electron chi connectivity index (χ3n) is 1.69. The summed E-state index contributed by atoms with van der Waals surface area (Å²) in [5.74, 6) is 0.117. The molecule has 1 aromatic rings. The summed E-state index contributed by atoms with van der Waals surface area (Å²) in [6.45, 7) is 5.16. The minimum Gasteiger partial charge on any atom is -0.462 e. The molecule has 0 unspecified atom stereocenters. The van der Waals surface area contributed by atoms with Crippen LogP contribution in [0, 0.1) is 0 Å². The second-order valence-corrected chi connectivity index (χ2v) is 6.27. The van der Waals surface area contributed by atoms with Gasteiger partial charge in [-0.15, -0.1) is 0 Å². The van der Waals surface area contributed by atoms with Gasteiger partial charge in [-0.1, -0.05) is 0 Å². The molecule has 0 atom stereocenters. The van der Waals surface area contributed by atoms with Crippen molar-refractivity contribution < 1.29 is 18.6 Å². The average molecular weight is 242 g/mol. The Labute approximate surface area is 95.0 Å². The second kappa shape index (κ2) is 5.17. The molecule has 5 heteroatoms. The third-order valence-corrected chi connectivity index (χ3v) is 2.34. The number of ether oxygens (including phenoxy) is 1. The highest BCUT2D eigenvalue weighted by Gasteiger charge is 2.10. The molecule has 0 saturated heterocycles. The highest BCUT2D eigenvalue weighted by Crippen LogP contribution is 2.38. The summed E-state index contributed by atoms with van der Waals surface area (Å²) in [5.41, 5.74) is 0.455. The van der Waals surface area contributed by atoms with Crippen LogP contribution in [-0.2, 0) is 9.30 Å². The van der Waals surface area contributed by atoms with Crippen molar-refractivity contribution >= 4 is 13.3 Å². The van der Waals surface area contributed by atoms with Gasteiger partial charge in [0.2, 0.25) is 7.37 Å². The largest absolute Gasteiger partial charge is 0.462 e. The Morgan fingerprint density at radius 2 is 1.81 bits per heavy atom. The Bertz CT molecular complexity index is 404. The van der Waals surface area contributed by atoms with E-state index in [-0.39, 0.29) is 5.97 Å². The van der Waals surface area contributed by atoms with Crippen molar-refractivity contribution in [1.29, 1.82) is 0 Å². The van der Waals surface area contributed by atoms with Gasteiger partial charge in [-0.05, 0) is 31.2 Å². The van der Waals surface area contributed by atoms with Gasteiger partial charge in [-0.2, -0.15) is 0 Å². The van der Waals surface area contributed by atoms with Crippen LogP contribution in [0.15, 0.2) is 24.3 Å². The lowest BCUT2D eigenvalue weighted by molar-refractivity contribution is 0.0526. The first-order valence-electron chi connectivity index (χ1n) is 4.94. The maximum atomic E-state index is 11.4. The highest BCUT2D eigenvalue weighted by molar-refractivity contribution is 7.57. The van der Waals surface area contributed by atoms with E-state index in [1.807, 2.05) is 0 Å². The molecule has 0 fully saturated rings. The molecule has 0 spiro atoms. The molecule has 4 nitrogen and oxygen atoms in total. The van der Waals surface area contributed by atoms with Gasteiger partial charge >= 0.3 is 5.97 Å². The number of hydrogen-bond donors (Lipinski definition) is 0. The molecule has 0 N–H and O–H groups in total. The average Bonchev–Trinajstić information content (AvgIpc) is 2.16. The lowest BCUT2D eigenvalue weighted by atomic mass is 10.2. The van der Waals surface area contributed by atoms with Gasteiger partial charge in [-0.3, -0.25) is 4.57 Å². The van der Waals surface area contributed by atoms with Crippen LogP contribution in [-0.4, -0.2) is 25.9 Å². The van der Waals surface area contributed by atoms with Crippen LogP contribution >= 0.6 is 7.37 Å². The number of carbonyl (C=O) groups excluding carboxylic acids is 1. The maximum Gasteiger partial charge on any atom is 0.338 e. The highest BCUT2D eigenvalue weighted by atomic mass is 31.2. The fourth-order valence-electron chi connectivity index (χ4n) is 1.12. The molecule has 0 saturated carbocycles. The molecule has 0 aromatic heterocycles. The number of esters is 1. The molecule has 1 rings (SSSR count). The molecule has 0 bridgehead atoms. The van der Waals surface area contributed by atoms with Gasteiger partial charge < -0.3 is 9.26 Å². The number of benzene rings is 1. The minimum absolute atomic E-state index is 0.343. The molecule has 1 aromatic carbocycles. The van der Waals surface area contributed by atoms with E-state index in [0.29, 0.717) is 17.9 Å². The number of hydrogen-bond acceptors (Lipinski definition) is 4. The summed E-state index contributed by atoms with van der Waals surface area (Å²) in [5, 5.41) is 0. The summed E-state index contributed by atoms with van der Waals surface area (Å²) >= 11 is 0. The van der Waals surface area contributed by atoms with Gasteiger partial charge in [0.25, 0.3) is 0 Å². The van der Waals surface area contributed by atoms with Gasteiger partial charge in [0, 0.05) is 13.3 Å². The first kappa shape index (κ1) is 12.8. The maximum absolute atomic E-state index is 11.4. The zero-order valence-electron chi connectivity index (χ0n) is 9.60. The first-order chi connectivity index (χ1) is 7.42. The van der Waals surface area contributed by atoms with Gasteiger partial charge in [0.05, 0.1) is 12.2 Å². The molecule has 16 heavy (non-hydrogen) atoms. The van der Waals surface area contributed by atoms with E-state index in [9.17, 15) is 9.36 Å². The fraction of sp³-hybridized carbons (Fsp3) is 0.364. The summed E-state index contributed by atoms with van der Waals surface area (Å²) in [6.07, 6.45) is 0. The van der Waals surface area contributed by atoms with Gasteiger partial charge in [-0.25, -0.2) is 4.79 Å². The second-order valence-electron chi connectivity index (χ2n) is 3.59. The first-order valence-corrected chi connectivity index (χ1v) is 7.46. The van der Waals surface area contributed by atoms with E-state index in [0.717, 1.165) is 0 Å². The molecule has 88 valence electrons. The van der Waals surface area contributed by atoms with Gasteiger partial charge in [0.15, 0.2) is 0 Å². The van der Waals surface area contributed by atoms with E-state index in [4.69, 9.17) is 9.26 Å². The molecular formula is C11H15O4P. The summed E-state index contributed by atoms with van der Waals surface area (Å²) < 4.78 is 21.4. The molecule has 0 aliphatic heterocycles. The van der Waals surface area contributed by atoms with E-state index in [1.165, 1.54) is 13.3 Å². The van der Waals surface area contributed by atoms with Crippen molar-refractivity contribution in [3.63, 3.8) is 0 Å². The van der Waals surface area contributed by atoms with E-state index in [1.54, 1.807) is 31.2 Å². The SMILES string of the molecule is CCOC(=O)c1ccc(OP(C)(C)=O)cc1. The predicted molar refractivity (Wildman–Crippen MR) is 62.5 cm³/mol. The molecule has 0 heterocycles. The van der Waals surface area contributed by atoms with Crippen molar-refractivity contribution in [3.05, 3.63) is 29.8 Å². The Kier molecular flexibility index (Phi) is 4.13. The van der Waals surface area contributed by atoms with Crippen molar-refractivity contribution in [3.8, 4) is 5.75 Å². The summed E-state index contributed by atoms with van der Waals surface area (Å²) in [4.78, 5) is 11.3. The monoisotopic (exact) mass is 242 g/mol. The van der Waals surface area contributed by atoms with E-state index >= 15 is 0 Å². The van der Waals surface area contributed by atoms with Crippen LogP contribution in [0.25, 0.3) is 0 Å². The van der Waals surface area contributed by atoms with E-state index in [2.05, 4.69) is 0 Å². The zero-order chi connectivity index (χ0) is 12.2. The van der Waals surface area contributed by atoms with Gasteiger partial charge in [0.1, 0.15) is 5.75 Å². The lowest BCUT2D eigenvalue weighted by Crippen LogP contribution is -2.04. The van der Waals surface area contributed by atoms with Crippen molar-refractivity contribution in [2.45, 2.75) is 6.92 Å². The Balaban J connectivity index is 2.75. The van der Waals surface area contributed by atoms with Crippen LogP contribution in [0.4, 0.5) is 0 Å². The lowest BCUT2D eigenvalue weighted by Gasteiger charge is -2.10. The molecule has 0 amide bonds. The normalized spacial score (nSPS) is 10.9. The van der Waals surface area contributed by atoms with Crippen molar-refractivity contribution in [2.24, 2.45) is 0 Å². The summed E-state index contributed by atoms with van der Waals surface area (Å²) in [6, 6.07) is 6.38. The van der Waals surface area contributed by atoms with Crippen LogP contribution in [0.1, 0.15) is 17.3 Å². The van der Waals surface area contributed by atoms with E-state index < -0.39 is 7.37 Å². The predicted octanol–water partition coefficient (Wildman–Crippen LogP) is 2.78. The Hall–Kier alpha value is -1.28. The fourth-order valence-corrected chi connectivity index (χ4v) is 1.75. The smallest absolute Gasteiger partial charge is 0.338 e. The third kappa shape index (κ3) is 4.07. The van der Waals surface area contributed by atoms with Crippen LogP contribution in [0.2, 0.25) is 0 Å².